The van der Waals surface area contributed by atoms with Crippen LogP contribution in [0.2, 0.25) is 5.02 Å². The van der Waals surface area contributed by atoms with Gasteiger partial charge in [0.25, 0.3) is 11.8 Å². The Hall–Kier alpha value is -2.90. The maximum absolute atomic E-state index is 12.2. The second kappa shape index (κ2) is 8.66. The van der Waals surface area contributed by atoms with E-state index < -0.39 is 0 Å². The van der Waals surface area contributed by atoms with Crippen LogP contribution in [0.4, 0.5) is 5.69 Å². The van der Waals surface area contributed by atoms with Gasteiger partial charge in [-0.15, -0.1) is 10.2 Å². The number of nitrogens with one attached hydrogen (secondary N) is 2. The molecule has 7 nitrogen and oxygen atoms in total. The highest BCUT2D eigenvalue weighted by molar-refractivity contribution is 6.30. The van der Waals surface area contributed by atoms with Crippen molar-refractivity contribution in [3.63, 3.8) is 0 Å². The number of ether oxygens (including phenoxy) is 1. The fourth-order valence-electron chi connectivity index (χ4n) is 2.53. The molecule has 140 valence electrons. The van der Waals surface area contributed by atoms with E-state index >= 15 is 0 Å². The van der Waals surface area contributed by atoms with Gasteiger partial charge in [0, 0.05) is 22.3 Å². The Morgan fingerprint density at radius 2 is 2.00 bits per heavy atom. The van der Waals surface area contributed by atoms with Crippen LogP contribution in [0.15, 0.2) is 52.9 Å². The van der Waals surface area contributed by atoms with E-state index in [1.165, 1.54) is 0 Å². The van der Waals surface area contributed by atoms with Crippen molar-refractivity contribution in [1.29, 1.82) is 0 Å². The normalized spacial score (nSPS) is 11.8. The lowest BCUT2D eigenvalue weighted by Crippen LogP contribution is -3.08. The number of hydrogen-bond donors (Lipinski definition) is 2. The van der Waals surface area contributed by atoms with E-state index in [0.29, 0.717) is 34.8 Å². The number of halogens is 1. The van der Waals surface area contributed by atoms with E-state index in [-0.39, 0.29) is 12.5 Å². The van der Waals surface area contributed by atoms with Crippen molar-refractivity contribution in [2.75, 3.05) is 26.0 Å². The molecule has 1 amide bonds. The molecule has 0 spiro atoms. The van der Waals surface area contributed by atoms with E-state index in [1.807, 2.05) is 37.4 Å². The van der Waals surface area contributed by atoms with Gasteiger partial charge in [0.2, 0.25) is 5.89 Å². The second-order valence-electron chi connectivity index (χ2n) is 6.10. The largest absolute Gasteiger partial charge is 0.497 e. The highest BCUT2D eigenvalue weighted by Crippen LogP contribution is 2.20. The average Bonchev–Trinajstić information content (AvgIpc) is 3.10. The van der Waals surface area contributed by atoms with Gasteiger partial charge in [-0.05, 0) is 36.4 Å². The number of hydrogen-bond acceptors (Lipinski definition) is 5. The van der Waals surface area contributed by atoms with E-state index in [1.54, 1.807) is 25.3 Å². The lowest BCUT2D eigenvalue weighted by atomic mass is 10.2. The van der Waals surface area contributed by atoms with Crippen LogP contribution in [-0.2, 0) is 11.3 Å². The molecule has 0 fully saturated rings. The third kappa shape index (κ3) is 5.29. The maximum Gasteiger partial charge on any atom is 0.279 e. The number of benzene rings is 2. The number of likely N-dealkylation sites (N-methyl/N-ethyl adjacent to an activating group) is 1. The van der Waals surface area contributed by atoms with Crippen molar-refractivity contribution in [2.45, 2.75) is 6.54 Å². The molecule has 0 aliphatic heterocycles. The minimum atomic E-state index is -0.113. The van der Waals surface area contributed by atoms with E-state index in [0.717, 1.165) is 10.5 Å². The number of carbonyl (C=O) groups excluding carboxylic acids is 1. The van der Waals surface area contributed by atoms with E-state index in [2.05, 4.69) is 15.5 Å². The van der Waals surface area contributed by atoms with Crippen LogP contribution in [0, 0.1) is 0 Å². The molecule has 0 aliphatic carbocycles. The summed E-state index contributed by atoms with van der Waals surface area (Å²) in [5.41, 5.74) is 1.49. The highest BCUT2D eigenvalue weighted by atomic mass is 35.5. The van der Waals surface area contributed by atoms with Crippen molar-refractivity contribution in [1.82, 2.24) is 10.2 Å². The van der Waals surface area contributed by atoms with E-state index in [9.17, 15) is 4.79 Å². The topological polar surface area (TPSA) is 81.7 Å². The zero-order valence-corrected chi connectivity index (χ0v) is 15.8. The maximum atomic E-state index is 12.2. The summed E-state index contributed by atoms with van der Waals surface area (Å²) in [5.74, 6) is 1.47. The van der Waals surface area contributed by atoms with Gasteiger partial charge < -0.3 is 19.4 Å². The first kappa shape index (κ1) is 18.9. The Morgan fingerprint density at radius 3 is 2.74 bits per heavy atom. The first-order valence-corrected chi connectivity index (χ1v) is 8.75. The van der Waals surface area contributed by atoms with Crippen LogP contribution < -0.4 is 15.0 Å². The Kier molecular flexibility index (Phi) is 6.05. The molecular weight excluding hydrogens is 368 g/mol. The van der Waals surface area contributed by atoms with Crippen molar-refractivity contribution in [2.24, 2.45) is 0 Å². The van der Waals surface area contributed by atoms with Gasteiger partial charge in [0.1, 0.15) is 5.75 Å². The predicted octanol–water partition coefficient (Wildman–Crippen LogP) is 2.05. The molecule has 1 atom stereocenters. The Labute approximate surface area is 161 Å². The van der Waals surface area contributed by atoms with Gasteiger partial charge >= 0.3 is 0 Å². The molecule has 0 radical (unpaired) electrons. The third-order valence-corrected chi connectivity index (χ3v) is 4.08. The van der Waals surface area contributed by atoms with Gasteiger partial charge in [0.15, 0.2) is 13.1 Å². The fourth-order valence-corrected chi connectivity index (χ4v) is 2.66. The van der Waals surface area contributed by atoms with Crippen LogP contribution in [0.25, 0.3) is 11.5 Å². The number of nitrogens with zero attached hydrogens (tertiary/aromatic N) is 2. The van der Waals surface area contributed by atoms with Crippen LogP contribution >= 0.6 is 11.6 Å². The van der Waals surface area contributed by atoms with Gasteiger partial charge in [-0.1, -0.05) is 17.7 Å². The zero-order valence-electron chi connectivity index (χ0n) is 15.0. The number of quaternary nitrogens is 1. The highest BCUT2D eigenvalue weighted by Gasteiger charge is 2.16. The monoisotopic (exact) mass is 387 g/mol. The molecule has 1 unspecified atom stereocenters. The molecule has 0 saturated carbocycles. The molecule has 2 aromatic carbocycles. The zero-order chi connectivity index (χ0) is 19.2. The summed E-state index contributed by atoms with van der Waals surface area (Å²) in [6, 6.07) is 14.4. The van der Waals surface area contributed by atoms with E-state index in [4.69, 9.17) is 20.8 Å². The molecule has 3 aromatic rings. The molecule has 0 aliphatic rings. The van der Waals surface area contributed by atoms with Crippen molar-refractivity contribution < 1.29 is 18.8 Å². The van der Waals surface area contributed by atoms with Crippen LogP contribution in [-0.4, -0.2) is 36.8 Å². The van der Waals surface area contributed by atoms with Gasteiger partial charge in [0.05, 0.1) is 14.2 Å². The fraction of sp³-hybridized carbons (Fsp3) is 0.211. The van der Waals surface area contributed by atoms with Crippen molar-refractivity contribution in [3.05, 3.63) is 59.4 Å². The first-order valence-electron chi connectivity index (χ1n) is 8.37. The number of aromatic nitrogens is 2. The smallest absolute Gasteiger partial charge is 0.279 e. The summed E-state index contributed by atoms with van der Waals surface area (Å²) < 4.78 is 10.8. The molecule has 27 heavy (non-hydrogen) atoms. The number of anilines is 1. The van der Waals surface area contributed by atoms with Crippen molar-refractivity contribution in [3.8, 4) is 17.2 Å². The summed E-state index contributed by atoms with van der Waals surface area (Å²) in [6.45, 7) is 0.696. The Morgan fingerprint density at radius 1 is 1.22 bits per heavy atom. The Balaban J connectivity index is 1.55. The second-order valence-corrected chi connectivity index (χ2v) is 6.54. The molecule has 1 heterocycles. The number of methoxy groups -OCH3 is 1. The van der Waals surface area contributed by atoms with Crippen LogP contribution in [0.3, 0.4) is 0 Å². The Bertz CT molecular complexity index is 911. The molecule has 8 heteroatoms. The number of amides is 1. The lowest BCUT2D eigenvalue weighted by molar-refractivity contribution is -0.886. The van der Waals surface area contributed by atoms with Gasteiger partial charge in [-0.25, -0.2) is 0 Å². The predicted molar refractivity (Wildman–Crippen MR) is 102 cm³/mol. The van der Waals surface area contributed by atoms with Crippen molar-refractivity contribution >= 4 is 23.2 Å². The molecule has 0 bridgehead atoms. The summed E-state index contributed by atoms with van der Waals surface area (Å²) in [4.78, 5) is 13.1. The summed E-state index contributed by atoms with van der Waals surface area (Å²) in [5, 5.41) is 11.6. The summed E-state index contributed by atoms with van der Waals surface area (Å²) in [6.07, 6.45) is 0. The minimum absolute atomic E-state index is 0.113. The molecule has 1 aromatic heterocycles. The van der Waals surface area contributed by atoms with Crippen LogP contribution in [0.1, 0.15) is 5.89 Å². The molecule has 3 rings (SSSR count). The molecule has 2 N–H and O–H groups in total. The first-order chi connectivity index (χ1) is 13.0. The van der Waals surface area contributed by atoms with Gasteiger partial charge in [-0.2, -0.15) is 0 Å². The lowest BCUT2D eigenvalue weighted by Gasteiger charge is -2.12. The third-order valence-electron chi connectivity index (χ3n) is 3.83. The quantitative estimate of drug-likeness (QED) is 0.648. The van der Waals surface area contributed by atoms with Crippen LogP contribution in [0.5, 0.6) is 5.75 Å². The summed E-state index contributed by atoms with van der Waals surface area (Å²) in [7, 11) is 3.47. The average molecular weight is 388 g/mol. The SMILES string of the molecule is COc1cccc(NC(=O)C[NH+](C)Cc2nnc(-c3ccc(Cl)cc3)o2)c1. The molecular formula is C19H20ClN4O3+. The summed E-state index contributed by atoms with van der Waals surface area (Å²) >= 11 is 5.88. The molecule has 0 saturated heterocycles. The standard InChI is InChI=1S/C19H19ClN4O3/c1-24(11-17(25)21-15-4-3-5-16(10-15)26-2)12-18-22-23-19(27-18)13-6-8-14(20)9-7-13/h3-10H,11-12H2,1-2H3,(H,21,25)/p+1. The van der Waals surface area contributed by atoms with Gasteiger partial charge in [-0.3, -0.25) is 4.79 Å². The number of carbonyl (C=O) groups is 1. The number of rotatable bonds is 7. The minimum Gasteiger partial charge on any atom is -0.497 e.